The van der Waals surface area contributed by atoms with E-state index in [0.717, 1.165) is 16.7 Å². The third-order valence-electron chi connectivity index (χ3n) is 10.1. The van der Waals surface area contributed by atoms with Crippen LogP contribution in [0.1, 0.15) is 50.1 Å². The van der Waals surface area contributed by atoms with Gasteiger partial charge in [-0.2, -0.15) is 0 Å². The van der Waals surface area contributed by atoms with Crippen molar-refractivity contribution in [1.29, 1.82) is 0 Å². The van der Waals surface area contributed by atoms with Gasteiger partial charge < -0.3 is 28.5 Å². The standard InChI is InChI=1S/C39H48N2O8Si/c1-9-24-38(44)32(48-35(41-25-23-33(42)40-36(41)43)34(38)49-50(7,8)37(2,3)4)26-47-39(27-13-11-10-12-14-27,28-15-19-30(45-5)20-16-28)29-17-21-31(46-6)22-18-29/h9-23,25,32,34-35,44H,1,24,26H2,2-8H3,(H,40,42,43)/t32-,34+,35-,38+/m1/s1. The van der Waals surface area contributed by atoms with Crippen molar-refractivity contribution in [1.82, 2.24) is 9.55 Å². The average molecular weight is 701 g/mol. The minimum atomic E-state index is -2.58. The van der Waals surface area contributed by atoms with E-state index in [1.165, 1.54) is 16.8 Å². The fourth-order valence-electron chi connectivity index (χ4n) is 6.22. The summed E-state index contributed by atoms with van der Waals surface area (Å²) in [6.07, 6.45) is -0.0222. The number of nitrogens with one attached hydrogen (secondary N) is 1. The highest BCUT2D eigenvalue weighted by molar-refractivity contribution is 6.74. The fraction of sp³-hybridized carbons (Fsp3) is 0.385. The molecular formula is C39H48N2O8Si. The van der Waals surface area contributed by atoms with Crippen LogP contribution in [0.15, 0.2) is 113 Å². The summed E-state index contributed by atoms with van der Waals surface area (Å²) in [7, 11) is 0.647. The Balaban J connectivity index is 1.67. The Kier molecular flexibility index (Phi) is 10.8. The van der Waals surface area contributed by atoms with Gasteiger partial charge in [0.2, 0.25) is 0 Å². The lowest BCUT2D eigenvalue weighted by atomic mass is 9.79. The number of methoxy groups -OCH3 is 2. The zero-order valence-corrected chi connectivity index (χ0v) is 30.8. The number of aromatic amines is 1. The van der Waals surface area contributed by atoms with Crippen molar-refractivity contribution in [3.63, 3.8) is 0 Å². The van der Waals surface area contributed by atoms with Gasteiger partial charge in [-0.15, -0.1) is 6.58 Å². The molecule has 3 aromatic carbocycles. The highest BCUT2D eigenvalue weighted by atomic mass is 28.4. The van der Waals surface area contributed by atoms with Gasteiger partial charge in [-0.25, -0.2) is 4.79 Å². The van der Waals surface area contributed by atoms with Gasteiger partial charge in [-0.1, -0.05) is 81.4 Å². The minimum absolute atomic E-state index is 0.0817. The number of hydrogen-bond donors (Lipinski definition) is 2. The maximum Gasteiger partial charge on any atom is 0.330 e. The zero-order chi connectivity index (χ0) is 36.3. The first-order valence-corrected chi connectivity index (χ1v) is 19.6. The summed E-state index contributed by atoms with van der Waals surface area (Å²) >= 11 is 0. The maximum absolute atomic E-state index is 13.2. The molecule has 11 heteroatoms. The average Bonchev–Trinajstić information content (AvgIpc) is 3.35. The van der Waals surface area contributed by atoms with E-state index in [4.69, 9.17) is 23.4 Å². The molecule has 10 nitrogen and oxygen atoms in total. The van der Waals surface area contributed by atoms with Crippen LogP contribution in [0.25, 0.3) is 0 Å². The Bertz CT molecular complexity index is 1820. The molecule has 0 radical (unpaired) electrons. The zero-order valence-electron chi connectivity index (χ0n) is 29.8. The topological polar surface area (TPSA) is 121 Å². The molecule has 1 aromatic heterocycles. The summed E-state index contributed by atoms with van der Waals surface area (Å²) in [5.41, 5.74) is -1.64. The molecule has 0 aliphatic carbocycles. The third-order valence-corrected chi connectivity index (χ3v) is 14.5. The molecule has 0 saturated carbocycles. The van der Waals surface area contributed by atoms with Gasteiger partial charge in [-0.05, 0) is 65.5 Å². The number of H-pyrrole nitrogens is 1. The normalized spacial score (nSPS) is 21.2. The van der Waals surface area contributed by atoms with Crippen molar-refractivity contribution < 1.29 is 28.5 Å². The summed E-state index contributed by atoms with van der Waals surface area (Å²) in [6.45, 7) is 14.3. The van der Waals surface area contributed by atoms with Gasteiger partial charge in [0.05, 0.1) is 20.8 Å². The first-order chi connectivity index (χ1) is 23.7. The van der Waals surface area contributed by atoms with Crippen molar-refractivity contribution in [2.45, 2.75) is 75.0 Å². The fourth-order valence-corrected chi connectivity index (χ4v) is 7.53. The molecule has 4 atom stereocenters. The Morgan fingerprint density at radius 3 is 1.92 bits per heavy atom. The molecule has 0 amide bonds. The van der Waals surface area contributed by atoms with Crippen LogP contribution in [0.4, 0.5) is 0 Å². The first-order valence-electron chi connectivity index (χ1n) is 16.7. The van der Waals surface area contributed by atoms with Gasteiger partial charge >= 0.3 is 5.69 Å². The van der Waals surface area contributed by atoms with Gasteiger partial charge in [0.15, 0.2) is 14.5 Å². The summed E-state index contributed by atoms with van der Waals surface area (Å²) in [6, 6.07) is 26.4. The van der Waals surface area contributed by atoms with Crippen LogP contribution in [0.2, 0.25) is 18.1 Å². The number of aromatic nitrogens is 2. The van der Waals surface area contributed by atoms with Crippen molar-refractivity contribution >= 4 is 8.32 Å². The predicted molar refractivity (Wildman–Crippen MR) is 195 cm³/mol. The molecule has 4 aromatic rings. The SMILES string of the molecule is C=CC[C@]1(O)[C@@H](COC(c2ccccc2)(c2ccc(OC)cc2)c2ccc(OC)cc2)O[C@@H](n2ccc(=O)[nH]c2=O)[C@@H]1O[Si](C)(C)C(C)(C)C. The number of nitrogens with zero attached hydrogens (tertiary/aromatic N) is 1. The highest BCUT2D eigenvalue weighted by Gasteiger charge is 2.59. The van der Waals surface area contributed by atoms with Gasteiger partial charge in [0, 0.05) is 12.3 Å². The van der Waals surface area contributed by atoms with E-state index in [-0.39, 0.29) is 18.1 Å². The van der Waals surface area contributed by atoms with E-state index in [9.17, 15) is 14.7 Å². The van der Waals surface area contributed by atoms with Gasteiger partial charge in [0.25, 0.3) is 5.56 Å². The molecule has 50 heavy (non-hydrogen) atoms. The molecular weight excluding hydrogens is 653 g/mol. The maximum atomic E-state index is 13.2. The largest absolute Gasteiger partial charge is 0.497 e. The lowest BCUT2D eigenvalue weighted by molar-refractivity contribution is -0.123. The van der Waals surface area contributed by atoms with Crippen LogP contribution >= 0.6 is 0 Å². The Morgan fingerprint density at radius 1 is 0.900 bits per heavy atom. The van der Waals surface area contributed by atoms with Crippen molar-refractivity contribution in [3.8, 4) is 11.5 Å². The number of aliphatic hydroxyl groups is 1. The summed E-state index contributed by atoms with van der Waals surface area (Å²) < 4.78 is 33.0. The lowest BCUT2D eigenvalue weighted by Gasteiger charge is -2.43. The van der Waals surface area contributed by atoms with Crippen LogP contribution in [0, 0.1) is 0 Å². The third kappa shape index (κ3) is 7.01. The van der Waals surface area contributed by atoms with E-state index in [0.29, 0.717) is 11.5 Å². The first kappa shape index (κ1) is 37.0. The van der Waals surface area contributed by atoms with Gasteiger partial charge in [0.1, 0.15) is 34.9 Å². The molecule has 0 bridgehead atoms. The predicted octanol–water partition coefficient (Wildman–Crippen LogP) is 6.16. The van der Waals surface area contributed by atoms with E-state index < -0.39 is 49.2 Å². The smallest absolute Gasteiger partial charge is 0.330 e. The molecule has 266 valence electrons. The van der Waals surface area contributed by atoms with Crippen LogP contribution in [0.3, 0.4) is 0 Å². The molecule has 5 rings (SSSR count). The molecule has 0 spiro atoms. The second kappa shape index (κ2) is 14.5. The summed E-state index contributed by atoms with van der Waals surface area (Å²) in [5, 5.41) is 12.5. The lowest BCUT2D eigenvalue weighted by Crippen LogP contribution is -2.56. The van der Waals surface area contributed by atoms with Crippen molar-refractivity contribution in [2.75, 3.05) is 20.8 Å². The number of benzene rings is 3. The van der Waals surface area contributed by atoms with Crippen LogP contribution in [0.5, 0.6) is 11.5 Å². The molecule has 1 aliphatic heterocycles. The van der Waals surface area contributed by atoms with E-state index in [1.807, 2.05) is 78.9 Å². The number of rotatable bonds is 13. The van der Waals surface area contributed by atoms with Crippen LogP contribution in [-0.2, 0) is 19.5 Å². The summed E-state index contributed by atoms with van der Waals surface area (Å²) in [5.74, 6) is 1.37. The van der Waals surface area contributed by atoms with Gasteiger partial charge in [-0.3, -0.25) is 14.3 Å². The highest BCUT2D eigenvalue weighted by Crippen LogP contribution is 2.48. The van der Waals surface area contributed by atoms with E-state index in [1.54, 1.807) is 20.3 Å². The number of hydrogen-bond acceptors (Lipinski definition) is 8. The molecule has 1 aliphatic rings. The molecule has 1 fully saturated rings. The molecule has 2 N–H and O–H groups in total. The monoisotopic (exact) mass is 700 g/mol. The Morgan fingerprint density at radius 2 is 1.44 bits per heavy atom. The quantitative estimate of drug-likeness (QED) is 0.0968. The second-order valence-corrected chi connectivity index (χ2v) is 18.9. The molecule has 2 heterocycles. The summed E-state index contributed by atoms with van der Waals surface area (Å²) in [4.78, 5) is 27.6. The van der Waals surface area contributed by atoms with E-state index in [2.05, 4.69) is 45.4 Å². The molecule has 1 saturated heterocycles. The van der Waals surface area contributed by atoms with Crippen LogP contribution < -0.4 is 20.7 Å². The van der Waals surface area contributed by atoms with Crippen LogP contribution in [-0.4, -0.2) is 61.6 Å². The number of ether oxygens (including phenoxy) is 4. The Labute approximate surface area is 294 Å². The van der Waals surface area contributed by atoms with Crippen molar-refractivity contribution in [2.24, 2.45) is 0 Å². The molecule has 0 unspecified atom stereocenters. The van der Waals surface area contributed by atoms with Crippen molar-refractivity contribution in [3.05, 3.63) is 141 Å². The Hall–Kier alpha value is -4.26. The minimum Gasteiger partial charge on any atom is -0.497 e. The second-order valence-electron chi connectivity index (χ2n) is 14.1. The van der Waals surface area contributed by atoms with E-state index >= 15 is 0 Å².